The number of carbonyl (C=O) groups excluding carboxylic acids is 1. The Balaban J connectivity index is 2.57. The average molecular weight is 278 g/mol. The molecule has 2 aromatic heterocycles. The van der Waals surface area contributed by atoms with Crippen LogP contribution in [-0.4, -0.2) is 21.8 Å². The van der Waals surface area contributed by atoms with Crippen molar-refractivity contribution in [3.63, 3.8) is 0 Å². The number of carbonyl (C=O) groups is 1. The zero-order chi connectivity index (χ0) is 14.8. The van der Waals surface area contributed by atoms with E-state index in [1.807, 2.05) is 13.0 Å². The molecule has 5 heteroatoms. The minimum absolute atomic E-state index is 0.213. The number of hydrogen-bond acceptors (Lipinski definition) is 2. The lowest BCUT2D eigenvalue weighted by Crippen LogP contribution is -2.22. The predicted molar refractivity (Wildman–Crippen MR) is 74.3 cm³/mol. The lowest BCUT2D eigenvalue weighted by molar-refractivity contribution is 0.0365. The van der Waals surface area contributed by atoms with Gasteiger partial charge in [0.15, 0.2) is 6.29 Å². The minimum Gasteiger partial charge on any atom is -0.317 e. The van der Waals surface area contributed by atoms with Gasteiger partial charge in [-0.25, -0.2) is 4.98 Å². The Morgan fingerprint density at radius 2 is 2.15 bits per heavy atom. The van der Waals surface area contributed by atoms with Crippen LogP contribution in [0.5, 0.6) is 0 Å². The summed E-state index contributed by atoms with van der Waals surface area (Å²) in [7, 11) is 0. The number of fused-ring (bicyclic) bond motifs is 1. The molecule has 106 valence electrons. The zero-order valence-electron chi connectivity index (χ0n) is 11.4. The van der Waals surface area contributed by atoms with E-state index in [4.69, 9.17) is 0 Å². The normalized spacial score (nSPS) is 12.4. The lowest BCUT2D eigenvalue weighted by atomic mass is 10.2. The third-order valence-corrected chi connectivity index (χ3v) is 3.10. The highest BCUT2D eigenvalue weighted by Gasteiger charge is 2.27. The number of nitrogens with zero attached hydrogens (tertiary/aromatic N) is 2. The van der Waals surface area contributed by atoms with Gasteiger partial charge in [0.25, 0.3) is 5.92 Å². The summed E-state index contributed by atoms with van der Waals surface area (Å²) in [5.74, 6) is -3.01. The van der Waals surface area contributed by atoms with Gasteiger partial charge in [0.1, 0.15) is 5.65 Å². The number of alkyl halides is 2. The number of rotatable bonds is 5. The highest BCUT2D eigenvalue weighted by molar-refractivity contribution is 5.86. The Morgan fingerprint density at radius 1 is 1.40 bits per heavy atom. The molecule has 0 saturated heterocycles. The Morgan fingerprint density at radius 3 is 2.75 bits per heavy atom. The van der Waals surface area contributed by atoms with Crippen LogP contribution in [0.2, 0.25) is 0 Å². The van der Waals surface area contributed by atoms with Crippen molar-refractivity contribution >= 4 is 17.3 Å². The maximum atomic E-state index is 13.8. The molecule has 0 saturated carbocycles. The monoisotopic (exact) mass is 278 g/mol. The molecule has 0 aliphatic rings. The number of pyridine rings is 1. The van der Waals surface area contributed by atoms with E-state index >= 15 is 0 Å². The smallest absolute Gasteiger partial charge is 0.284 e. The number of aldehydes is 1. The first-order valence-corrected chi connectivity index (χ1v) is 6.46. The SMILES string of the molecule is C/C=C\C(F)(F)Cn1c(C=O)cc2ccc(CC)nc21. The van der Waals surface area contributed by atoms with Gasteiger partial charge in [-0.05, 0) is 37.6 Å². The summed E-state index contributed by atoms with van der Waals surface area (Å²) in [5.41, 5.74) is 1.45. The van der Waals surface area contributed by atoms with Gasteiger partial charge < -0.3 is 4.57 Å². The maximum Gasteiger partial charge on any atom is 0.284 e. The molecule has 3 nitrogen and oxygen atoms in total. The van der Waals surface area contributed by atoms with Crippen LogP contribution in [0.25, 0.3) is 11.0 Å². The van der Waals surface area contributed by atoms with Gasteiger partial charge in [-0.1, -0.05) is 13.0 Å². The molecule has 0 radical (unpaired) electrons. The molecule has 0 unspecified atom stereocenters. The third-order valence-electron chi connectivity index (χ3n) is 3.10. The van der Waals surface area contributed by atoms with E-state index in [9.17, 15) is 13.6 Å². The molecular formula is C15H16F2N2O. The molecule has 0 fully saturated rings. The van der Waals surface area contributed by atoms with E-state index in [2.05, 4.69) is 4.98 Å². The fourth-order valence-electron chi connectivity index (χ4n) is 2.15. The molecule has 2 rings (SSSR count). The second-order valence-electron chi connectivity index (χ2n) is 4.60. The summed E-state index contributed by atoms with van der Waals surface area (Å²) in [6.07, 6.45) is 3.43. The van der Waals surface area contributed by atoms with Crippen LogP contribution in [0.15, 0.2) is 30.4 Å². The summed E-state index contributed by atoms with van der Waals surface area (Å²) >= 11 is 0. The van der Waals surface area contributed by atoms with Crippen molar-refractivity contribution in [3.05, 3.63) is 41.7 Å². The quantitative estimate of drug-likeness (QED) is 0.618. The van der Waals surface area contributed by atoms with Crippen LogP contribution in [-0.2, 0) is 13.0 Å². The minimum atomic E-state index is -3.01. The van der Waals surface area contributed by atoms with Gasteiger partial charge in [0.05, 0.1) is 12.2 Å². The summed E-state index contributed by atoms with van der Waals surface area (Å²) in [5, 5.41) is 0.695. The molecule has 0 spiro atoms. The number of halogens is 2. The van der Waals surface area contributed by atoms with Crippen molar-refractivity contribution in [1.29, 1.82) is 0 Å². The summed E-state index contributed by atoms with van der Waals surface area (Å²) in [4.78, 5) is 15.4. The van der Waals surface area contributed by atoms with E-state index in [0.29, 0.717) is 23.7 Å². The van der Waals surface area contributed by atoms with Gasteiger partial charge >= 0.3 is 0 Å². The fourth-order valence-corrected chi connectivity index (χ4v) is 2.15. The van der Waals surface area contributed by atoms with E-state index in [1.54, 1.807) is 12.1 Å². The van der Waals surface area contributed by atoms with Crippen LogP contribution in [0.3, 0.4) is 0 Å². The Labute approximate surface area is 115 Å². The predicted octanol–water partition coefficient (Wildman–Crippen LogP) is 3.62. The van der Waals surface area contributed by atoms with Crippen molar-refractivity contribution < 1.29 is 13.6 Å². The standard InChI is InChI=1S/C15H16F2N2O/c1-3-7-15(16,17)10-19-13(9-20)8-11-5-6-12(4-2)18-14(11)19/h3,5-9H,4,10H2,1-2H3/b7-3-. The topological polar surface area (TPSA) is 34.9 Å². The first-order valence-electron chi connectivity index (χ1n) is 6.46. The molecule has 0 aromatic carbocycles. The fraction of sp³-hybridized carbons (Fsp3) is 0.333. The number of allylic oxidation sites excluding steroid dienone is 2. The van der Waals surface area contributed by atoms with Gasteiger partial charge in [0.2, 0.25) is 0 Å². The maximum absolute atomic E-state index is 13.8. The molecule has 20 heavy (non-hydrogen) atoms. The summed E-state index contributed by atoms with van der Waals surface area (Å²) in [6, 6.07) is 5.23. The molecule has 0 atom stereocenters. The Kier molecular flexibility index (Phi) is 3.97. The largest absolute Gasteiger partial charge is 0.317 e. The van der Waals surface area contributed by atoms with Crippen LogP contribution < -0.4 is 0 Å². The molecule has 2 heterocycles. The van der Waals surface area contributed by atoms with Gasteiger partial charge in [-0.15, -0.1) is 0 Å². The number of aryl methyl sites for hydroxylation is 1. The third kappa shape index (κ3) is 2.76. The second kappa shape index (κ2) is 5.53. The highest BCUT2D eigenvalue weighted by Crippen LogP contribution is 2.24. The zero-order valence-corrected chi connectivity index (χ0v) is 11.4. The molecular weight excluding hydrogens is 262 g/mol. The highest BCUT2D eigenvalue weighted by atomic mass is 19.3. The molecule has 0 aliphatic heterocycles. The van der Waals surface area contributed by atoms with Crippen molar-refractivity contribution in [2.24, 2.45) is 0 Å². The van der Waals surface area contributed by atoms with E-state index in [1.165, 1.54) is 17.6 Å². The van der Waals surface area contributed by atoms with Crippen molar-refractivity contribution in [2.75, 3.05) is 0 Å². The van der Waals surface area contributed by atoms with E-state index in [-0.39, 0.29) is 5.69 Å². The van der Waals surface area contributed by atoms with Crippen molar-refractivity contribution in [2.45, 2.75) is 32.7 Å². The number of hydrogen-bond donors (Lipinski definition) is 0. The van der Waals surface area contributed by atoms with Crippen molar-refractivity contribution in [1.82, 2.24) is 9.55 Å². The van der Waals surface area contributed by atoms with E-state index < -0.39 is 12.5 Å². The van der Waals surface area contributed by atoms with Crippen LogP contribution >= 0.6 is 0 Å². The van der Waals surface area contributed by atoms with Gasteiger partial charge in [0, 0.05) is 11.1 Å². The molecule has 0 bridgehead atoms. The van der Waals surface area contributed by atoms with Gasteiger partial charge in [-0.3, -0.25) is 4.79 Å². The first-order chi connectivity index (χ1) is 9.50. The van der Waals surface area contributed by atoms with E-state index in [0.717, 1.165) is 11.8 Å². The Hall–Kier alpha value is -2.04. The molecule has 0 N–H and O–H groups in total. The van der Waals surface area contributed by atoms with Gasteiger partial charge in [-0.2, -0.15) is 8.78 Å². The van der Waals surface area contributed by atoms with Crippen LogP contribution in [0.4, 0.5) is 8.78 Å². The summed E-state index contributed by atoms with van der Waals surface area (Å²) < 4.78 is 28.8. The lowest BCUT2D eigenvalue weighted by Gasteiger charge is -2.14. The summed E-state index contributed by atoms with van der Waals surface area (Å²) in [6.45, 7) is 2.89. The van der Waals surface area contributed by atoms with Crippen molar-refractivity contribution in [3.8, 4) is 0 Å². The Bertz CT molecular complexity index is 659. The second-order valence-corrected chi connectivity index (χ2v) is 4.60. The molecule has 0 aliphatic carbocycles. The van der Waals surface area contributed by atoms with Crippen LogP contribution in [0, 0.1) is 0 Å². The average Bonchev–Trinajstić information content (AvgIpc) is 2.75. The van der Waals surface area contributed by atoms with Crippen LogP contribution in [0.1, 0.15) is 30.0 Å². The first kappa shape index (κ1) is 14.4. The number of aromatic nitrogens is 2. The molecule has 2 aromatic rings. The molecule has 0 amide bonds.